The molecule has 0 unspecified atom stereocenters. The zero-order chi connectivity index (χ0) is 32.3. The molecule has 4 rings (SSSR count). The van der Waals surface area contributed by atoms with E-state index in [4.69, 9.17) is 4.74 Å². The van der Waals surface area contributed by atoms with E-state index in [0.717, 1.165) is 24.3 Å². The smallest absolute Gasteiger partial charge is 0.416 e. The van der Waals surface area contributed by atoms with Crippen LogP contribution in [-0.2, 0) is 13.2 Å². The molecule has 1 aromatic heterocycles. The summed E-state index contributed by atoms with van der Waals surface area (Å²) in [6, 6.07) is 9.34. The molecule has 1 aliphatic heterocycles. The fourth-order valence-corrected chi connectivity index (χ4v) is 4.88. The van der Waals surface area contributed by atoms with E-state index in [9.17, 15) is 32.7 Å². The van der Waals surface area contributed by atoms with E-state index in [1.807, 2.05) is 6.92 Å². The van der Waals surface area contributed by atoms with Crippen molar-refractivity contribution in [1.29, 1.82) is 0 Å². The summed E-state index contributed by atoms with van der Waals surface area (Å²) in [5, 5.41) is 19.5. The summed E-state index contributed by atoms with van der Waals surface area (Å²) < 4.78 is 46.6. The molecule has 3 atom stereocenters. The lowest BCUT2D eigenvalue weighted by atomic mass is 9.99. The number of rotatable bonds is 7. The number of anilines is 2. The summed E-state index contributed by atoms with van der Waals surface area (Å²) >= 11 is 0. The predicted molar refractivity (Wildman–Crippen MR) is 157 cm³/mol. The zero-order valence-corrected chi connectivity index (χ0v) is 25.0. The van der Waals surface area contributed by atoms with Crippen LogP contribution in [0.2, 0.25) is 0 Å². The number of carbonyl (C=O) groups excluding carboxylic acids is 3. The lowest BCUT2D eigenvalue weighted by Crippen LogP contribution is -2.50. The number of ether oxygens (including phenoxy) is 1. The van der Waals surface area contributed by atoms with Crippen LogP contribution in [-0.4, -0.2) is 81.4 Å². The SMILES string of the molecule is Cc1cc(C(=O)Nc2cccc3c2O[C@@H](CN(C)C(=O)Nc2ccc(C(F)(F)F)cc2)[C@@H](C)CN([C@H](C)CO)C3=O)n(C)n1. The Morgan fingerprint density at radius 3 is 2.45 bits per heavy atom. The van der Waals surface area contributed by atoms with Gasteiger partial charge in [-0.25, -0.2) is 4.79 Å². The van der Waals surface area contributed by atoms with Gasteiger partial charge in [-0.3, -0.25) is 14.3 Å². The fourth-order valence-electron chi connectivity index (χ4n) is 4.88. The summed E-state index contributed by atoms with van der Waals surface area (Å²) in [7, 11) is 3.14. The lowest BCUT2D eigenvalue weighted by molar-refractivity contribution is -0.137. The molecule has 1 aliphatic rings. The first kappa shape index (κ1) is 32.3. The van der Waals surface area contributed by atoms with Crippen LogP contribution in [0.3, 0.4) is 0 Å². The molecule has 0 bridgehead atoms. The number of urea groups is 1. The van der Waals surface area contributed by atoms with Gasteiger partial charge in [-0.1, -0.05) is 13.0 Å². The molecule has 2 heterocycles. The van der Waals surface area contributed by atoms with Gasteiger partial charge in [0.2, 0.25) is 0 Å². The molecule has 0 fully saturated rings. The van der Waals surface area contributed by atoms with E-state index < -0.39 is 41.7 Å². The number of benzene rings is 2. The maximum Gasteiger partial charge on any atom is 0.416 e. The maximum absolute atomic E-state index is 13.7. The van der Waals surface area contributed by atoms with E-state index in [0.29, 0.717) is 5.69 Å². The molecule has 3 aromatic rings. The minimum Gasteiger partial charge on any atom is -0.485 e. The molecule has 236 valence electrons. The number of halogens is 3. The summed E-state index contributed by atoms with van der Waals surface area (Å²) in [5.74, 6) is -1.12. The Bertz CT molecular complexity index is 1520. The van der Waals surface area contributed by atoms with Crippen LogP contribution in [0.5, 0.6) is 5.75 Å². The van der Waals surface area contributed by atoms with Gasteiger partial charge in [0.1, 0.15) is 11.8 Å². The third kappa shape index (κ3) is 7.13. The van der Waals surface area contributed by atoms with Crippen LogP contribution in [0.15, 0.2) is 48.5 Å². The largest absolute Gasteiger partial charge is 0.485 e. The molecule has 0 aliphatic carbocycles. The number of fused-ring (bicyclic) bond motifs is 1. The second kappa shape index (κ2) is 13.0. The van der Waals surface area contributed by atoms with Crippen molar-refractivity contribution in [2.75, 3.05) is 37.4 Å². The highest BCUT2D eigenvalue weighted by molar-refractivity contribution is 6.06. The van der Waals surface area contributed by atoms with Crippen molar-refractivity contribution < 1.29 is 37.4 Å². The van der Waals surface area contributed by atoms with Crippen LogP contribution in [0.25, 0.3) is 0 Å². The quantitative estimate of drug-likeness (QED) is 0.362. The first-order valence-corrected chi connectivity index (χ1v) is 13.9. The summed E-state index contributed by atoms with van der Waals surface area (Å²) in [4.78, 5) is 42.7. The molecule has 2 aromatic carbocycles. The molecule has 11 nitrogen and oxygen atoms in total. The van der Waals surface area contributed by atoms with Crippen LogP contribution >= 0.6 is 0 Å². The number of hydrogen-bond donors (Lipinski definition) is 3. The van der Waals surface area contributed by atoms with Gasteiger partial charge in [-0.05, 0) is 56.3 Å². The van der Waals surface area contributed by atoms with E-state index in [1.165, 1.54) is 21.5 Å². The van der Waals surface area contributed by atoms with Crippen molar-refractivity contribution in [1.82, 2.24) is 19.6 Å². The van der Waals surface area contributed by atoms with E-state index in [-0.39, 0.29) is 54.0 Å². The Kier molecular flexibility index (Phi) is 9.52. The molecule has 0 radical (unpaired) electrons. The number of amides is 4. The first-order chi connectivity index (χ1) is 20.7. The molecule has 44 heavy (non-hydrogen) atoms. The highest BCUT2D eigenvalue weighted by Gasteiger charge is 2.35. The standard InChI is InChI=1S/C30H35F3N6O5/c1-17-14-39(19(3)16-40)28(42)22-7-6-8-23(35-27(41)24-13-18(2)36-38(24)5)26(22)44-25(17)15-37(4)29(43)34-21-11-9-20(10-12-21)30(31,32)33/h6-13,17,19,25,40H,14-16H2,1-5H3,(H,34,43)(H,35,41)/t17-,19+,25-/m0/s1. The van der Waals surface area contributed by atoms with Gasteiger partial charge < -0.3 is 30.3 Å². The number of carbonyl (C=O) groups is 3. The normalized spacial score (nSPS) is 17.6. The minimum atomic E-state index is -4.50. The number of alkyl halides is 3. The minimum absolute atomic E-state index is 0.0197. The van der Waals surface area contributed by atoms with Crippen molar-refractivity contribution in [3.8, 4) is 5.75 Å². The molecule has 4 amide bonds. The van der Waals surface area contributed by atoms with Crippen LogP contribution < -0.4 is 15.4 Å². The molecular weight excluding hydrogens is 581 g/mol. The number of aliphatic hydroxyl groups excluding tert-OH is 1. The van der Waals surface area contributed by atoms with Gasteiger partial charge in [0.15, 0.2) is 5.75 Å². The average molecular weight is 617 g/mol. The van der Waals surface area contributed by atoms with Crippen LogP contribution in [0.1, 0.15) is 46.0 Å². The van der Waals surface area contributed by atoms with Crippen molar-refractivity contribution in [2.45, 2.75) is 39.1 Å². The Morgan fingerprint density at radius 1 is 1.18 bits per heavy atom. The molecule has 3 N–H and O–H groups in total. The maximum atomic E-state index is 13.7. The number of aryl methyl sites for hydroxylation is 2. The number of nitrogens with one attached hydrogen (secondary N) is 2. The topological polar surface area (TPSA) is 129 Å². The molecular formula is C30H35F3N6O5. The summed E-state index contributed by atoms with van der Waals surface area (Å²) in [6.07, 6.45) is -5.20. The zero-order valence-electron chi connectivity index (χ0n) is 25.0. The van der Waals surface area contributed by atoms with E-state index in [1.54, 1.807) is 45.2 Å². The third-order valence-electron chi connectivity index (χ3n) is 7.44. The predicted octanol–water partition coefficient (Wildman–Crippen LogP) is 4.38. The van der Waals surface area contributed by atoms with Gasteiger partial charge in [0.05, 0.1) is 41.7 Å². The van der Waals surface area contributed by atoms with Gasteiger partial charge >= 0.3 is 12.2 Å². The first-order valence-electron chi connectivity index (χ1n) is 13.9. The molecule has 0 saturated heterocycles. The monoisotopic (exact) mass is 616 g/mol. The Balaban J connectivity index is 1.62. The number of para-hydroxylation sites is 1. The average Bonchev–Trinajstić information content (AvgIpc) is 3.32. The Morgan fingerprint density at radius 2 is 1.86 bits per heavy atom. The van der Waals surface area contributed by atoms with Gasteiger partial charge in [0.25, 0.3) is 11.8 Å². The fraction of sp³-hybridized carbons (Fsp3) is 0.400. The van der Waals surface area contributed by atoms with Crippen LogP contribution in [0.4, 0.5) is 29.3 Å². The highest BCUT2D eigenvalue weighted by atomic mass is 19.4. The number of hydrogen-bond acceptors (Lipinski definition) is 6. The summed E-state index contributed by atoms with van der Waals surface area (Å²) in [6.45, 7) is 5.23. The molecule has 0 spiro atoms. The van der Waals surface area contributed by atoms with Gasteiger partial charge in [0, 0.05) is 32.2 Å². The van der Waals surface area contributed by atoms with Gasteiger partial charge in [-0.15, -0.1) is 0 Å². The second-order valence-corrected chi connectivity index (χ2v) is 10.9. The molecule has 0 saturated carbocycles. The lowest BCUT2D eigenvalue weighted by Gasteiger charge is -2.38. The van der Waals surface area contributed by atoms with Gasteiger partial charge in [-0.2, -0.15) is 18.3 Å². The molecule has 14 heteroatoms. The van der Waals surface area contributed by atoms with E-state index >= 15 is 0 Å². The summed E-state index contributed by atoms with van der Waals surface area (Å²) in [5.41, 5.74) is 0.669. The Hall–Kier alpha value is -4.59. The van der Waals surface area contributed by atoms with Crippen molar-refractivity contribution in [3.63, 3.8) is 0 Å². The van der Waals surface area contributed by atoms with E-state index in [2.05, 4.69) is 15.7 Å². The number of aromatic nitrogens is 2. The van der Waals surface area contributed by atoms with Crippen LogP contribution in [0, 0.1) is 12.8 Å². The number of likely N-dealkylation sites (N-methyl/N-ethyl adjacent to an activating group) is 1. The highest BCUT2D eigenvalue weighted by Crippen LogP contribution is 2.35. The second-order valence-electron chi connectivity index (χ2n) is 10.9. The Labute approximate surface area is 252 Å². The number of aliphatic hydroxyl groups is 1. The van der Waals surface area contributed by atoms with Crippen molar-refractivity contribution in [3.05, 3.63) is 71.0 Å². The van der Waals surface area contributed by atoms with Crippen molar-refractivity contribution in [2.24, 2.45) is 13.0 Å². The van der Waals surface area contributed by atoms with Crippen molar-refractivity contribution >= 4 is 29.2 Å². The third-order valence-corrected chi connectivity index (χ3v) is 7.44. The number of nitrogens with zero attached hydrogens (tertiary/aromatic N) is 4.